The first-order valence-electron chi connectivity index (χ1n) is 11.5. The van der Waals surface area contributed by atoms with Gasteiger partial charge in [0.1, 0.15) is 6.04 Å². The van der Waals surface area contributed by atoms with Crippen molar-refractivity contribution in [1.29, 1.82) is 0 Å². The Bertz CT molecular complexity index is 1310. The summed E-state index contributed by atoms with van der Waals surface area (Å²) in [5.74, 6) is -1.01. The first-order chi connectivity index (χ1) is 18.2. The number of imide groups is 2. The monoisotopic (exact) mass is 539 g/mol. The molecule has 2 aromatic carbocycles. The van der Waals surface area contributed by atoms with E-state index in [-0.39, 0.29) is 29.1 Å². The molecule has 2 heterocycles. The van der Waals surface area contributed by atoms with Gasteiger partial charge in [0.25, 0.3) is 23.0 Å². The standard InChI is InChI=1S/C26H25N3O8S/c1-14(29-23(31)16-7-5-6-8-17(16)24(29)32)22(30)27-9-10-28-25(33)20(38-26(28)34)13-15-11-18(35-2)21(37-4)19(12-15)36-3/h5-8,11-14H,9-10H2,1-4H3,(H,27,30). The van der Waals surface area contributed by atoms with Crippen molar-refractivity contribution in [2.75, 3.05) is 34.4 Å². The minimum absolute atomic E-state index is 0.0537. The van der Waals surface area contributed by atoms with Crippen molar-refractivity contribution in [2.45, 2.75) is 13.0 Å². The Labute approximate surface area is 222 Å². The van der Waals surface area contributed by atoms with Crippen LogP contribution in [0.5, 0.6) is 17.2 Å². The average molecular weight is 540 g/mol. The first-order valence-corrected chi connectivity index (χ1v) is 12.3. The molecule has 5 amide bonds. The molecule has 2 aliphatic rings. The average Bonchev–Trinajstić information content (AvgIpc) is 3.33. The van der Waals surface area contributed by atoms with Gasteiger partial charge in [-0.25, -0.2) is 0 Å². The second-order valence-electron chi connectivity index (χ2n) is 8.28. The molecule has 11 nitrogen and oxygen atoms in total. The Morgan fingerprint density at radius 1 is 0.947 bits per heavy atom. The third-order valence-corrected chi connectivity index (χ3v) is 6.99. The van der Waals surface area contributed by atoms with Gasteiger partial charge < -0.3 is 19.5 Å². The summed E-state index contributed by atoms with van der Waals surface area (Å²) in [6, 6.07) is 8.58. The summed E-state index contributed by atoms with van der Waals surface area (Å²) >= 11 is 0.768. The molecule has 0 radical (unpaired) electrons. The topological polar surface area (TPSA) is 132 Å². The number of nitrogens with zero attached hydrogens (tertiary/aromatic N) is 2. The summed E-state index contributed by atoms with van der Waals surface area (Å²) < 4.78 is 16.0. The molecule has 0 bridgehead atoms. The fourth-order valence-corrected chi connectivity index (χ4v) is 5.01. The van der Waals surface area contributed by atoms with E-state index in [0.717, 1.165) is 21.6 Å². The van der Waals surface area contributed by atoms with Crippen LogP contribution in [-0.4, -0.2) is 79.1 Å². The first kappa shape index (κ1) is 26.7. The molecule has 1 atom stereocenters. The van der Waals surface area contributed by atoms with Crippen molar-refractivity contribution in [3.8, 4) is 17.2 Å². The Balaban J connectivity index is 1.39. The summed E-state index contributed by atoms with van der Waals surface area (Å²) in [7, 11) is 4.42. The zero-order valence-corrected chi connectivity index (χ0v) is 21.9. The zero-order chi connectivity index (χ0) is 27.6. The molecule has 2 aliphatic heterocycles. The number of hydrogen-bond acceptors (Lipinski definition) is 9. The highest BCUT2D eigenvalue weighted by Gasteiger charge is 2.41. The van der Waals surface area contributed by atoms with Crippen LogP contribution in [0.4, 0.5) is 4.79 Å². The van der Waals surface area contributed by atoms with E-state index < -0.39 is 34.9 Å². The number of amides is 5. The number of carbonyl (C=O) groups excluding carboxylic acids is 5. The second kappa shape index (κ2) is 11.0. The predicted octanol–water partition coefficient (Wildman–Crippen LogP) is 2.55. The van der Waals surface area contributed by atoms with E-state index in [9.17, 15) is 24.0 Å². The Morgan fingerprint density at radius 3 is 2.05 bits per heavy atom. The van der Waals surface area contributed by atoms with Gasteiger partial charge in [0.05, 0.1) is 37.4 Å². The smallest absolute Gasteiger partial charge is 0.293 e. The normalized spacial score (nSPS) is 16.7. The number of fused-ring (bicyclic) bond motifs is 1. The number of hydrogen-bond donors (Lipinski definition) is 1. The fraction of sp³-hybridized carbons (Fsp3) is 0.269. The Morgan fingerprint density at radius 2 is 1.53 bits per heavy atom. The molecule has 1 unspecified atom stereocenters. The molecule has 0 aromatic heterocycles. The highest BCUT2D eigenvalue weighted by molar-refractivity contribution is 8.18. The number of methoxy groups -OCH3 is 3. The molecule has 0 aliphatic carbocycles. The molecule has 1 saturated heterocycles. The maximum absolute atomic E-state index is 12.9. The number of carbonyl (C=O) groups is 5. The molecule has 38 heavy (non-hydrogen) atoms. The summed E-state index contributed by atoms with van der Waals surface area (Å²) in [5, 5.41) is 2.11. The van der Waals surface area contributed by atoms with Crippen LogP contribution in [0.15, 0.2) is 41.3 Å². The SMILES string of the molecule is COc1cc(C=C2SC(=O)N(CCNC(=O)C(C)N3C(=O)c4ccccc4C3=O)C2=O)cc(OC)c1OC. The van der Waals surface area contributed by atoms with Gasteiger partial charge in [-0.3, -0.25) is 33.8 Å². The van der Waals surface area contributed by atoms with Gasteiger partial charge in [-0.1, -0.05) is 12.1 Å². The third-order valence-electron chi connectivity index (χ3n) is 6.09. The number of thioether (sulfide) groups is 1. The lowest BCUT2D eigenvalue weighted by Crippen LogP contribution is -2.49. The van der Waals surface area contributed by atoms with E-state index in [4.69, 9.17) is 14.2 Å². The van der Waals surface area contributed by atoms with Crippen LogP contribution in [0.3, 0.4) is 0 Å². The molecular weight excluding hydrogens is 514 g/mol. The van der Waals surface area contributed by atoms with Crippen molar-refractivity contribution < 1.29 is 38.2 Å². The van der Waals surface area contributed by atoms with E-state index in [1.54, 1.807) is 24.3 Å². The molecule has 0 spiro atoms. The summed E-state index contributed by atoms with van der Waals surface area (Å²) in [4.78, 5) is 65.5. The van der Waals surface area contributed by atoms with Crippen LogP contribution < -0.4 is 19.5 Å². The maximum Gasteiger partial charge on any atom is 0.293 e. The Hall–Kier alpha value is -4.32. The van der Waals surface area contributed by atoms with Crippen LogP contribution >= 0.6 is 11.8 Å². The van der Waals surface area contributed by atoms with Gasteiger partial charge in [-0.05, 0) is 54.6 Å². The summed E-state index contributed by atoms with van der Waals surface area (Å²) in [6.45, 7) is 1.30. The molecule has 1 N–H and O–H groups in total. The summed E-state index contributed by atoms with van der Waals surface area (Å²) in [6.07, 6.45) is 1.54. The fourth-order valence-electron chi connectivity index (χ4n) is 4.14. The number of rotatable bonds is 9. The third kappa shape index (κ3) is 4.82. The maximum atomic E-state index is 12.9. The number of ether oxygens (including phenoxy) is 3. The Kier molecular flexibility index (Phi) is 7.72. The van der Waals surface area contributed by atoms with E-state index in [2.05, 4.69) is 5.32 Å². The van der Waals surface area contributed by atoms with E-state index >= 15 is 0 Å². The van der Waals surface area contributed by atoms with Crippen LogP contribution in [0.2, 0.25) is 0 Å². The lowest BCUT2D eigenvalue weighted by atomic mass is 10.1. The predicted molar refractivity (Wildman–Crippen MR) is 138 cm³/mol. The van der Waals surface area contributed by atoms with E-state index in [1.807, 2.05) is 0 Å². The largest absolute Gasteiger partial charge is 0.493 e. The van der Waals surface area contributed by atoms with Crippen molar-refractivity contribution >= 4 is 46.7 Å². The van der Waals surface area contributed by atoms with Gasteiger partial charge in [0.15, 0.2) is 11.5 Å². The van der Waals surface area contributed by atoms with Crippen LogP contribution in [0, 0.1) is 0 Å². The van der Waals surface area contributed by atoms with Crippen LogP contribution in [0.1, 0.15) is 33.2 Å². The molecule has 198 valence electrons. The summed E-state index contributed by atoms with van der Waals surface area (Å²) in [5.41, 5.74) is 1.05. The van der Waals surface area contributed by atoms with Crippen molar-refractivity contribution in [1.82, 2.24) is 15.1 Å². The van der Waals surface area contributed by atoms with Crippen molar-refractivity contribution in [2.24, 2.45) is 0 Å². The van der Waals surface area contributed by atoms with Crippen LogP contribution in [0.25, 0.3) is 6.08 Å². The van der Waals surface area contributed by atoms with Crippen molar-refractivity contribution in [3.63, 3.8) is 0 Å². The minimum Gasteiger partial charge on any atom is -0.493 e. The van der Waals surface area contributed by atoms with Gasteiger partial charge in [0.2, 0.25) is 11.7 Å². The van der Waals surface area contributed by atoms with Crippen LogP contribution in [-0.2, 0) is 9.59 Å². The number of nitrogens with one attached hydrogen (secondary N) is 1. The molecule has 12 heteroatoms. The highest BCUT2D eigenvalue weighted by atomic mass is 32.2. The van der Waals surface area contributed by atoms with Gasteiger partial charge >= 0.3 is 0 Å². The van der Waals surface area contributed by atoms with Gasteiger partial charge in [-0.15, -0.1) is 0 Å². The quantitative estimate of drug-likeness (QED) is 0.377. The van der Waals surface area contributed by atoms with E-state index in [1.165, 1.54) is 46.5 Å². The minimum atomic E-state index is -1.07. The molecular formula is C26H25N3O8S. The molecule has 2 aromatic rings. The molecule has 4 rings (SSSR count). The van der Waals surface area contributed by atoms with Gasteiger partial charge in [-0.2, -0.15) is 0 Å². The lowest BCUT2D eigenvalue weighted by Gasteiger charge is -2.22. The molecule has 0 saturated carbocycles. The second-order valence-corrected chi connectivity index (χ2v) is 9.28. The van der Waals surface area contributed by atoms with E-state index in [0.29, 0.717) is 22.8 Å². The highest BCUT2D eigenvalue weighted by Crippen LogP contribution is 2.40. The number of benzene rings is 2. The zero-order valence-electron chi connectivity index (χ0n) is 21.1. The lowest BCUT2D eigenvalue weighted by molar-refractivity contribution is -0.126. The van der Waals surface area contributed by atoms with Crippen molar-refractivity contribution in [3.05, 3.63) is 58.0 Å². The van der Waals surface area contributed by atoms with Gasteiger partial charge in [0, 0.05) is 13.1 Å². The molecule has 1 fully saturated rings.